The smallest absolute Gasteiger partial charge is 0.323 e. The Morgan fingerprint density at radius 3 is 1.88 bits per heavy atom. The van der Waals surface area contributed by atoms with Gasteiger partial charge in [-0.2, -0.15) is 0 Å². The molecule has 0 unspecified atom stereocenters. The van der Waals surface area contributed by atoms with Crippen LogP contribution < -0.4 is 5.73 Å². The molecule has 0 bridgehead atoms. The minimum atomic E-state index is -0.590. The number of ether oxygens (including phenoxy) is 2. The predicted molar refractivity (Wildman–Crippen MR) is 64.2 cm³/mol. The lowest BCUT2D eigenvalue weighted by molar-refractivity contribution is -0.149. The van der Waals surface area contributed by atoms with Crippen LogP contribution in [0, 0.1) is 11.8 Å². The zero-order valence-corrected chi connectivity index (χ0v) is 11.1. The van der Waals surface area contributed by atoms with E-state index in [9.17, 15) is 9.59 Å². The molecule has 17 heavy (non-hydrogen) atoms. The van der Waals surface area contributed by atoms with Crippen LogP contribution in [0.15, 0.2) is 0 Å². The summed E-state index contributed by atoms with van der Waals surface area (Å²) in [4.78, 5) is 22.4. The van der Waals surface area contributed by atoms with E-state index in [1.54, 1.807) is 13.8 Å². The number of carbonyl (C=O) groups is 2. The summed E-state index contributed by atoms with van der Waals surface area (Å²) >= 11 is 0. The van der Waals surface area contributed by atoms with Gasteiger partial charge in [0.05, 0.1) is 19.1 Å². The fourth-order valence-electron chi connectivity index (χ4n) is 0.940. The van der Waals surface area contributed by atoms with Gasteiger partial charge in [-0.1, -0.05) is 27.7 Å². The first-order valence-corrected chi connectivity index (χ1v) is 5.95. The third kappa shape index (κ3) is 6.94. The topological polar surface area (TPSA) is 78.6 Å². The Labute approximate surface area is 103 Å². The fraction of sp³-hybridized carbons (Fsp3) is 0.833. The lowest BCUT2D eigenvalue weighted by Crippen LogP contribution is -2.37. The average Bonchev–Trinajstić information content (AvgIpc) is 2.26. The normalized spacial score (nSPS) is 12.6. The molecule has 0 aromatic heterocycles. The molecule has 0 heterocycles. The average molecular weight is 245 g/mol. The van der Waals surface area contributed by atoms with Crippen LogP contribution in [-0.4, -0.2) is 31.2 Å². The Bertz CT molecular complexity index is 251. The highest BCUT2D eigenvalue weighted by Gasteiger charge is 2.18. The van der Waals surface area contributed by atoms with Crippen molar-refractivity contribution in [1.82, 2.24) is 0 Å². The Kier molecular flexibility index (Phi) is 7.54. The highest BCUT2D eigenvalue weighted by molar-refractivity contribution is 5.75. The SMILES string of the molecule is CC(C)C(=O)OCCCOC(=O)[C@@H](N)C(C)C. The van der Waals surface area contributed by atoms with Gasteiger partial charge in [0.1, 0.15) is 6.04 Å². The molecule has 5 heteroatoms. The third-order valence-corrected chi connectivity index (χ3v) is 2.24. The van der Waals surface area contributed by atoms with E-state index in [0.717, 1.165) is 0 Å². The van der Waals surface area contributed by atoms with Crippen LogP contribution in [-0.2, 0) is 19.1 Å². The summed E-state index contributed by atoms with van der Waals surface area (Å²) in [6.07, 6.45) is 0.495. The first-order valence-electron chi connectivity index (χ1n) is 5.95. The molecule has 0 saturated heterocycles. The summed E-state index contributed by atoms with van der Waals surface area (Å²) in [5, 5.41) is 0. The molecular weight excluding hydrogens is 222 g/mol. The van der Waals surface area contributed by atoms with E-state index < -0.39 is 12.0 Å². The number of rotatable bonds is 7. The second-order valence-electron chi connectivity index (χ2n) is 4.61. The molecule has 0 spiro atoms. The maximum atomic E-state index is 11.3. The molecule has 0 radical (unpaired) electrons. The van der Waals surface area contributed by atoms with Crippen LogP contribution in [0.25, 0.3) is 0 Å². The standard InChI is InChI=1S/C12H23NO4/c1-8(2)10(13)12(15)17-7-5-6-16-11(14)9(3)4/h8-10H,5-7,13H2,1-4H3/t10-/m0/s1. The van der Waals surface area contributed by atoms with Crippen LogP contribution in [0.1, 0.15) is 34.1 Å². The Morgan fingerprint density at radius 1 is 1.00 bits per heavy atom. The van der Waals surface area contributed by atoms with E-state index in [0.29, 0.717) is 6.42 Å². The third-order valence-electron chi connectivity index (χ3n) is 2.24. The number of hydrogen-bond acceptors (Lipinski definition) is 5. The summed E-state index contributed by atoms with van der Waals surface area (Å²) in [7, 11) is 0. The van der Waals surface area contributed by atoms with Gasteiger partial charge in [-0.05, 0) is 5.92 Å². The highest BCUT2D eigenvalue weighted by atomic mass is 16.5. The van der Waals surface area contributed by atoms with Gasteiger partial charge in [-0.3, -0.25) is 9.59 Å². The Hall–Kier alpha value is -1.10. The first kappa shape index (κ1) is 15.9. The monoisotopic (exact) mass is 245 g/mol. The van der Waals surface area contributed by atoms with Crippen molar-refractivity contribution in [2.24, 2.45) is 17.6 Å². The quantitative estimate of drug-likeness (QED) is 0.537. The van der Waals surface area contributed by atoms with Crippen LogP contribution >= 0.6 is 0 Å². The van der Waals surface area contributed by atoms with Crippen LogP contribution in [0.2, 0.25) is 0 Å². The van der Waals surface area contributed by atoms with Crippen molar-refractivity contribution in [2.75, 3.05) is 13.2 Å². The molecule has 100 valence electrons. The second-order valence-corrected chi connectivity index (χ2v) is 4.61. The molecule has 0 aromatic carbocycles. The summed E-state index contributed by atoms with van der Waals surface area (Å²) in [6, 6.07) is -0.590. The van der Waals surface area contributed by atoms with Gasteiger partial charge in [0.25, 0.3) is 0 Å². The van der Waals surface area contributed by atoms with E-state index >= 15 is 0 Å². The molecule has 0 saturated carbocycles. The van der Waals surface area contributed by atoms with Crippen molar-refractivity contribution >= 4 is 11.9 Å². The lowest BCUT2D eigenvalue weighted by Gasteiger charge is -2.14. The van der Waals surface area contributed by atoms with Gasteiger partial charge < -0.3 is 15.2 Å². The van der Waals surface area contributed by atoms with Crippen LogP contribution in [0.3, 0.4) is 0 Å². The van der Waals surface area contributed by atoms with Gasteiger partial charge in [-0.15, -0.1) is 0 Å². The van der Waals surface area contributed by atoms with Crippen molar-refractivity contribution in [2.45, 2.75) is 40.2 Å². The lowest BCUT2D eigenvalue weighted by atomic mass is 10.1. The van der Waals surface area contributed by atoms with Crippen molar-refractivity contribution in [3.05, 3.63) is 0 Å². The van der Waals surface area contributed by atoms with E-state index in [-0.39, 0.29) is 31.0 Å². The zero-order valence-electron chi connectivity index (χ0n) is 11.1. The van der Waals surface area contributed by atoms with Gasteiger partial charge in [0.15, 0.2) is 0 Å². The molecule has 0 aliphatic carbocycles. The summed E-state index contributed by atoms with van der Waals surface area (Å²) in [6.45, 7) is 7.74. The molecule has 2 N–H and O–H groups in total. The second kappa shape index (κ2) is 8.06. The van der Waals surface area contributed by atoms with Gasteiger partial charge in [-0.25, -0.2) is 0 Å². The Morgan fingerprint density at radius 2 is 1.47 bits per heavy atom. The number of nitrogens with two attached hydrogens (primary N) is 1. The Balaban J connectivity index is 3.59. The van der Waals surface area contributed by atoms with Crippen molar-refractivity contribution in [3.63, 3.8) is 0 Å². The predicted octanol–water partition coefficient (Wildman–Crippen LogP) is 1.10. The van der Waals surface area contributed by atoms with Crippen molar-refractivity contribution < 1.29 is 19.1 Å². The number of carbonyl (C=O) groups excluding carboxylic acids is 2. The van der Waals surface area contributed by atoms with Crippen LogP contribution in [0.4, 0.5) is 0 Å². The summed E-state index contributed by atoms with van der Waals surface area (Å²) < 4.78 is 9.88. The molecule has 1 atom stereocenters. The van der Waals surface area contributed by atoms with Gasteiger partial charge >= 0.3 is 11.9 Å². The maximum Gasteiger partial charge on any atom is 0.323 e. The van der Waals surface area contributed by atoms with E-state index in [1.165, 1.54) is 0 Å². The van der Waals surface area contributed by atoms with Gasteiger partial charge in [0.2, 0.25) is 0 Å². The molecular formula is C12H23NO4. The largest absolute Gasteiger partial charge is 0.465 e. The number of hydrogen-bond donors (Lipinski definition) is 1. The molecule has 0 rings (SSSR count). The first-order chi connectivity index (χ1) is 7.86. The molecule has 0 aliphatic rings. The minimum absolute atomic E-state index is 0.0567. The molecule has 0 aromatic rings. The molecule has 5 nitrogen and oxygen atoms in total. The van der Waals surface area contributed by atoms with Crippen molar-refractivity contribution in [3.8, 4) is 0 Å². The zero-order chi connectivity index (χ0) is 13.4. The van der Waals surface area contributed by atoms with E-state index in [1.807, 2.05) is 13.8 Å². The summed E-state index contributed by atoms with van der Waals surface area (Å²) in [5.74, 6) is -0.724. The molecule has 0 amide bonds. The highest BCUT2D eigenvalue weighted by Crippen LogP contribution is 2.01. The number of esters is 2. The molecule has 0 aliphatic heterocycles. The van der Waals surface area contributed by atoms with Crippen LogP contribution in [0.5, 0.6) is 0 Å². The van der Waals surface area contributed by atoms with E-state index in [4.69, 9.17) is 15.2 Å². The summed E-state index contributed by atoms with van der Waals surface area (Å²) in [5.41, 5.74) is 5.60. The maximum absolute atomic E-state index is 11.3. The van der Waals surface area contributed by atoms with Crippen molar-refractivity contribution in [1.29, 1.82) is 0 Å². The van der Waals surface area contributed by atoms with Gasteiger partial charge in [0, 0.05) is 6.42 Å². The minimum Gasteiger partial charge on any atom is -0.465 e. The fourth-order valence-corrected chi connectivity index (χ4v) is 0.940. The van der Waals surface area contributed by atoms with E-state index in [2.05, 4.69) is 0 Å². The molecule has 0 fully saturated rings.